The summed E-state index contributed by atoms with van der Waals surface area (Å²) in [5.74, 6) is 0. The second-order valence-electron chi connectivity index (χ2n) is 6.23. The third-order valence-corrected chi connectivity index (χ3v) is 7.22. The lowest BCUT2D eigenvalue weighted by Crippen LogP contribution is -2.47. The molecule has 0 radical (unpaired) electrons. The molecule has 0 aromatic heterocycles. The quantitative estimate of drug-likeness (QED) is 0.509. The number of nitrogens with zero attached hydrogens (tertiary/aromatic N) is 1. The van der Waals surface area contributed by atoms with Crippen molar-refractivity contribution in [1.82, 2.24) is 4.90 Å². The lowest BCUT2D eigenvalue weighted by atomic mass is 10.2. The maximum atomic E-state index is 5.83. The van der Waals surface area contributed by atoms with Crippen molar-refractivity contribution < 1.29 is 4.74 Å². The number of rotatable bonds is 13. The molecule has 1 atom stereocenters. The van der Waals surface area contributed by atoms with Crippen LogP contribution in [0.25, 0.3) is 6.08 Å². The predicted octanol–water partition coefficient (Wildman–Crippen LogP) is 3.78. The summed E-state index contributed by atoms with van der Waals surface area (Å²) in [6.07, 6.45) is 9.23. The Bertz CT molecular complexity index is 410. The molecule has 0 spiro atoms. The average Bonchev–Trinajstić information content (AvgIpc) is 2.60. The topological polar surface area (TPSA) is 12.5 Å². The Morgan fingerprint density at radius 1 is 1.04 bits per heavy atom. The Hall–Kier alpha value is -0.903. The zero-order valence-electron chi connectivity index (χ0n) is 15.4. The van der Waals surface area contributed by atoms with Crippen LogP contribution in [0.15, 0.2) is 30.8 Å². The van der Waals surface area contributed by atoms with Crippen LogP contribution >= 0.6 is 0 Å². The molecular formula is C20H35NOSi. The van der Waals surface area contributed by atoms with Gasteiger partial charge in [0.2, 0.25) is 0 Å². The summed E-state index contributed by atoms with van der Waals surface area (Å²) in [6, 6.07) is 8.98. The first-order valence-corrected chi connectivity index (χ1v) is 11.5. The lowest BCUT2D eigenvalue weighted by molar-refractivity contribution is 0.188. The Kier molecular flexibility index (Phi) is 11.0. The zero-order valence-corrected chi connectivity index (χ0v) is 16.5. The Labute approximate surface area is 145 Å². The number of hydrogen-bond donors (Lipinski definition) is 0. The van der Waals surface area contributed by atoms with Gasteiger partial charge in [0, 0.05) is 12.8 Å². The highest BCUT2D eigenvalue weighted by molar-refractivity contribution is 6.73. The van der Waals surface area contributed by atoms with Gasteiger partial charge in [-0.1, -0.05) is 68.8 Å². The van der Waals surface area contributed by atoms with E-state index in [9.17, 15) is 0 Å². The van der Waals surface area contributed by atoms with Crippen LogP contribution in [0, 0.1) is 0 Å². The maximum Gasteiger partial charge on any atom is 0.114 e. The van der Waals surface area contributed by atoms with Gasteiger partial charge in [-0.3, -0.25) is 0 Å². The second kappa shape index (κ2) is 12.5. The van der Waals surface area contributed by atoms with Gasteiger partial charge in [0.05, 0.1) is 0 Å². The van der Waals surface area contributed by atoms with E-state index in [4.69, 9.17) is 4.74 Å². The molecule has 0 heterocycles. The molecule has 2 nitrogen and oxygen atoms in total. The summed E-state index contributed by atoms with van der Waals surface area (Å²) in [7, 11) is -1.12. The molecule has 0 amide bonds. The molecule has 1 aromatic rings. The van der Waals surface area contributed by atoms with Gasteiger partial charge < -0.3 is 9.64 Å². The number of unbranched alkanes of at least 4 members (excludes halogenated alkanes) is 2. The summed E-state index contributed by atoms with van der Waals surface area (Å²) in [6.45, 7) is 13.8. The standard InChI is InChI=1S/C20H35NOSi/c1-5-9-15-21(16-10-6-2)17-23(18-22-8-4)20-13-11-19(7-3)12-14-20/h7,11-14,23H,3,5-6,8-10,15-18H2,1-2,4H3. The van der Waals surface area contributed by atoms with Crippen LogP contribution in [-0.4, -0.2) is 45.8 Å². The van der Waals surface area contributed by atoms with Crippen molar-refractivity contribution in [1.29, 1.82) is 0 Å². The smallest absolute Gasteiger partial charge is 0.114 e. The van der Waals surface area contributed by atoms with Crippen LogP contribution in [-0.2, 0) is 4.74 Å². The zero-order chi connectivity index (χ0) is 16.9. The lowest BCUT2D eigenvalue weighted by Gasteiger charge is -2.27. The molecule has 3 heteroatoms. The molecule has 0 N–H and O–H groups in total. The first-order chi connectivity index (χ1) is 11.2. The molecule has 0 fully saturated rings. The molecule has 0 aliphatic carbocycles. The van der Waals surface area contributed by atoms with Gasteiger partial charge in [-0.25, -0.2) is 0 Å². The largest absolute Gasteiger partial charge is 0.385 e. The summed E-state index contributed by atoms with van der Waals surface area (Å²) in [5, 5.41) is 1.52. The van der Waals surface area contributed by atoms with Crippen molar-refractivity contribution in [3.05, 3.63) is 36.4 Å². The number of benzene rings is 1. The third kappa shape index (κ3) is 7.96. The monoisotopic (exact) mass is 333 g/mol. The fraction of sp³-hybridized carbons (Fsp3) is 0.600. The van der Waals surface area contributed by atoms with Crippen LogP contribution in [0.1, 0.15) is 52.0 Å². The molecule has 1 rings (SSSR count). The molecule has 0 saturated heterocycles. The van der Waals surface area contributed by atoms with Gasteiger partial charge in [0.25, 0.3) is 0 Å². The van der Waals surface area contributed by atoms with Crippen LogP contribution in [0.4, 0.5) is 0 Å². The highest BCUT2D eigenvalue weighted by atomic mass is 28.3. The summed E-state index contributed by atoms with van der Waals surface area (Å²) in [4.78, 5) is 2.68. The van der Waals surface area contributed by atoms with Crippen molar-refractivity contribution in [3.63, 3.8) is 0 Å². The van der Waals surface area contributed by atoms with E-state index in [-0.39, 0.29) is 0 Å². The molecule has 0 aliphatic heterocycles. The third-order valence-electron chi connectivity index (χ3n) is 4.30. The maximum absolute atomic E-state index is 5.83. The molecule has 0 aliphatic rings. The van der Waals surface area contributed by atoms with Gasteiger partial charge in [-0.05, 0) is 44.6 Å². The highest BCUT2D eigenvalue weighted by Crippen LogP contribution is 2.04. The van der Waals surface area contributed by atoms with Crippen LogP contribution in [0.2, 0.25) is 0 Å². The molecule has 130 valence electrons. The van der Waals surface area contributed by atoms with Crippen molar-refractivity contribution in [3.8, 4) is 0 Å². The van der Waals surface area contributed by atoms with E-state index in [1.54, 1.807) is 0 Å². The molecule has 0 saturated carbocycles. The SMILES string of the molecule is C=Cc1ccc([SiH](COCC)CN(CCCC)CCCC)cc1. The number of hydrogen-bond acceptors (Lipinski definition) is 2. The molecular weight excluding hydrogens is 298 g/mol. The minimum atomic E-state index is -1.12. The van der Waals surface area contributed by atoms with Gasteiger partial charge in [0.1, 0.15) is 8.80 Å². The Morgan fingerprint density at radius 2 is 1.65 bits per heavy atom. The van der Waals surface area contributed by atoms with Crippen LogP contribution in [0.3, 0.4) is 0 Å². The van der Waals surface area contributed by atoms with E-state index < -0.39 is 8.80 Å². The van der Waals surface area contributed by atoms with E-state index in [0.717, 1.165) is 12.8 Å². The van der Waals surface area contributed by atoms with Crippen molar-refractivity contribution in [2.24, 2.45) is 0 Å². The Morgan fingerprint density at radius 3 is 2.13 bits per heavy atom. The summed E-state index contributed by atoms with van der Waals surface area (Å²) in [5.41, 5.74) is 1.20. The Balaban J connectivity index is 2.77. The number of ether oxygens (including phenoxy) is 1. The fourth-order valence-corrected chi connectivity index (χ4v) is 5.54. The minimum absolute atomic E-state index is 0.818. The van der Waals surface area contributed by atoms with E-state index in [1.807, 2.05) is 6.08 Å². The van der Waals surface area contributed by atoms with Crippen molar-refractivity contribution in [2.45, 2.75) is 46.5 Å². The normalized spacial score (nSPS) is 12.5. The van der Waals surface area contributed by atoms with E-state index in [0.29, 0.717) is 0 Å². The fourth-order valence-electron chi connectivity index (χ4n) is 2.79. The van der Waals surface area contributed by atoms with Gasteiger partial charge in [-0.2, -0.15) is 0 Å². The van der Waals surface area contributed by atoms with Gasteiger partial charge in [-0.15, -0.1) is 0 Å². The van der Waals surface area contributed by atoms with Gasteiger partial charge in [0.15, 0.2) is 0 Å². The van der Waals surface area contributed by atoms with Crippen molar-refractivity contribution >= 4 is 20.1 Å². The van der Waals surface area contributed by atoms with E-state index >= 15 is 0 Å². The molecule has 1 aromatic carbocycles. The second-order valence-corrected chi connectivity index (χ2v) is 8.99. The summed E-state index contributed by atoms with van der Waals surface area (Å²) >= 11 is 0. The molecule has 1 unspecified atom stereocenters. The first-order valence-electron chi connectivity index (χ1n) is 9.27. The molecule has 23 heavy (non-hydrogen) atoms. The van der Waals surface area contributed by atoms with Crippen molar-refractivity contribution in [2.75, 3.05) is 32.1 Å². The van der Waals surface area contributed by atoms with Gasteiger partial charge >= 0.3 is 0 Å². The highest BCUT2D eigenvalue weighted by Gasteiger charge is 2.18. The summed E-state index contributed by atoms with van der Waals surface area (Å²) < 4.78 is 5.83. The first kappa shape index (κ1) is 20.1. The predicted molar refractivity (Wildman–Crippen MR) is 106 cm³/mol. The van der Waals surface area contributed by atoms with E-state index in [2.05, 4.69) is 56.5 Å². The van der Waals surface area contributed by atoms with E-state index in [1.165, 1.54) is 55.7 Å². The average molecular weight is 334 g/mol. The van der Waals surface area contributed by atoms with Crippen LogP contribution in [0.5, 0.6) is 0 Å². The molecule has 0 bridgehead atoms. The van der Waals surface area contributed by atoms with Crippen LogP contribution < -0.4 is 5.19 Å². The minimum Gasteiger partial charge on any atom is -0.385 e.